The number of aromatic carboxylic acids is 1. The van der Waals surface area contributed by atoms with Gasteiger partial charge in [0.15, 0.2) is 0 Å². The molecule has 116 valence electrons. The van der Waals surface area contributed by atoms with Crippen LogP contribution < -0.4 is 10.6 Å². The maximum Gasteiger partial charge on any atom is 0.337 e. The highest BCUT2D eigenvalue weighted by Crippen LogP contribution is 2.21. The molecule has 1 aromatic carbocycles. The van der Waals surface area contributed by atoms with E-state index in [9.17, 15) is 14.7 Å². The molecule has 0 aromatic heterocycles. The summed E-state index contributed by atoms with van der Waals surface area (Å²) >= 11 is 0. The fourth-order valence-electron chi connectivity index (χ4n) is 1.44. The van der Waals surface area contributed by atoms with Crippen molar-refractivity contribution < 1.29 is 19.8 Å². The lowest BCUT2D eigenvalue weighted by Crippen LogP contribution is -2.49. The summed E-state index contributed by atoms with van der Waals surface area (Å²) in [7, 11) is 3.81. The summed E-state index contributed by atoms with van der Waals surface area (Å²) in [6, 6.07) is 3.24. The first kappa shape index (κ1) is 16.8. The van der Waals surface area contributed by atoms with Crippen LogP contribution in [0.4, 0.5) is 10.5 Å². The number of nitrogens with one attached hydrogen (secondary N) is 2. The van der Waals surface area contributed by atoms with Gasteiger partial charge in [-0.05, 0) is 46.1 Å². The Labute approximate surface area is 123 Å². The zero-order valence-corrected chi connectivity index (χ0v) is 12.6. The minimum absolute atomic E-state index is 0.125. The number of benzene rings is 1. The maximum atomic E-state index is 11.8. The Morgan fingerprint density at radius 3 is 2.43 bits per heavy atom. The second kappa shape index (κ2) is 6.45. The van der Waals surface area contributed by atoms with E-state index < -0.39 is 12.0 Å². The second-order valence-electron chi connectivity index (χ2n) is 5.55. The summed E-state index contributed by atoms with van der Waals surface area (Å²) in [5.74, 6) is -1.40. The molecule has 2 amide bonds. The monoisotopic (exact) mass is 295 g/mol. The fourth-order valence-corrected chi connectivity index (χ4v) is 1.44. The van der Waals surface area contributed by atoms with E-state index >= 15 is 0 Å². The van der Waals surface area contributed by atoms with Gasteiger partial charge in [-0.15, -0.1) is 0 Å². The molecule has 0 spiro atoms. The largest absolute Gasteiger partial charge is 0.508 e. The number of carboxylic acid groups (broad SMARTS) is 1. The zero-order chi connectivity index (χ0) is 16.2. The predicted molar refractivity (Wildman–Crippen MR) is 79.9 cm³/mol. The molecule has 0 saturated heterocycles. The number of anilines is 1. The lowest BCUT2D eigenvalue weighted by molar-refractivity contribution is 0.0697. The van der Waals surface area contributed by atoms with Crippen molar-refractivity contribution in [3.63, 3.8) is 0 Å². The first-order valence-electron chi connectivity index (χ1n) is 6.42. The molecule has 7 nitrogen and oxygen atoms in total. The Balaban J connectivity index is 2.74. The molecular weight excluding hydrogens is 274 g/mol. The topological polar surface area (TPSA) is 102 Å². The van der Waals surface area contributed by atoms with Gasteiger partial charge in [0, 0.05) is 12.1 Å². The number of phenols is 1. The van der Waals surface area contributed by atoms with E-state index in [0.717, 1.165) is 6.07 Å². The van der Waals surface area contributed by atoms with Crippen molar-refractivity contribution in [2.45, 2.75) is 19.4 Å². The molecule has 0 bridgehead atoms. The Bertz CT molecular complexity index is 541. The van der Waals surface area contributed by atoms with Crippen molar-refractivity contribution in [3.05, 3.63) is 23.8 Å². The first-order valence-corrected chi connectivity index (χ1v) is 6.42. The molecule has 1 aromatic rings. The molecule has 0 atom stereocenters. The van der Waals surface area contributed by atoms with Crippen LogP contribution in [0.2, 0.25) is 0 Å². The molecule has 0 aliphatic heterocycles. The summed E-state index contributed by atoms with van der Waals surface area (Å²) < 4.78 is 0. The second-order valence-corrected chi connectivity index (χ2v) is 5.55. The number of hydrogen-bond donors (Lipinski definition) is 4. The molecule has 0 fully saturated rings. The molecule has 21 heavy (non-hydrogen) atoms. The van der Waals surface area contributed by atoms with Crippen molar-refractivity contribution >= 4 is 17.7 Å². The summed E-state index contributed by atoms with van der Waals surface area (Å²) in [5.41, 5.74) is -0.278. The van der Waals surface area contributed by atoms with Crippen molar-refractivity contribution in [2.75, 3.05) is 26.0 Å². The smallest absolute Gasteiger partial charge is 0.337 e. The van der Waals surface area contributed by atoms with Gasteiger partial charge in [-0.2, -0.15) is 0 Å². The van der Waals surface area contributed by atoms with Crippen molar-refractivity contribution in [1.29, 1.82) is 0 Å². The van der Waals surface area contributed by atoms with Crippen LogP contribution in [0.15, 0.2) is 18.2 Å². The van der Waals surface area contributed by atoms with Crippen LogP contribution in [0.3, 0.4) is 0 Å². The van der Waals surface area contributed by atoms with Gasteiger partial charge in [-0.25, -0.2) is 9.59 Å². The molecule has 0 aliphatic rings. The minimum Gasteiger partial charge on any atom is -0.508 e. The average molecular weight is 295 g/mol. The quantitative estimate of drug-likeness (QED) is 0.617. The fraction of sp³-hybridized carbons (Fsp3) is 0.429. The van der Waals surface area contributed by atoms with Crippen molar-refractivity contribution in [3.8, 4) is 5.75 Å². The van der Waals surface area contributed by atoms with Crippen LogP contribution in [0, 0.1) is 0 Å². The number of carboxylic acids is 1. The van der Waals surface area contributed by atoms with E-state index in [2.05, 4.69) is 10.6 Å². The van der Waals surface area contributed by atoms with Crippen LogP contribution in [0.25, 0.3) is 0 Å². The minimum atomic E-state index is -1.23. The zero-order valence-electron chi connectivity index (χ0n) is 12.6. The van der Waals surface area contributed by atoms with Gasteiger partial charge < -0.3 is 25.7 Å². The van der Waals surface area contributed by atoms with E-state index in [4.69, 9.17) is 5.11 Å². The molecule has 0 radical (unpaired) electrons. The van der Waals surface area contributed by atoms with Gasteiger partial charge in [-0.1, -0.05) is 0 Å². The Morgan fingerprint density at radius 1 is 1.29 bits per heavy atom. The van der Waals surface area contributed by atoms with Crippen LogP contribution >= 0.6 is 0 Å². The first-order chi connectivity index (χ1) is 9.63. The SMILES string of the molecule is CN(C)C(C)(C)CNC(=O)Nc1ccc(O)cc1C(=O)O. The summed E-state index contributed by atoms with van der Waals surface area (Å²) in [6.07, 6.45) is 0. The highest BCUT2D eigenvalue weighted by Gasteiger charge is 2.21. The van der Waals surface area contributed by atoms with Gasteiger partial charge in [-0.3, -0.25) is 0 Å². The van der Waals surface area contributed by atoms with Crippen LogP contribution in [-0.4, -0.2) is 53.3 Å². The third-order valence-corrected chi connectivity index (χ3v) is 3.37. The number of nitrogens with zero attached hydrogens (tertiary/aromatic N) is 1. The lowest BCUT2D eigenvalue weighted by Gasteiger charge is -2.32. The number of urea groups is 1. The molecule has 0 saturated carbocycles. The molecule has 4 N–H and O–H groups in total. The van der Waals surface area contributed by atoms with Gasteiger partial charge in [0.25, 0.3) is 0 Å². The summed E-state index contributed by atoms with van der Waals surface area (Å²) in [5, 5.41) is 23.5. The standard InChI is InChI=1S/C14H21N3O4/c1-14(2,17(3)4)8-15-13(21)16-11-6-5-9(18)7-10(11)12(19)20/h5-7,18H,8H2,1-4H3,(H,19,20)(H2,15,16,21). The number of likely N-dealkylation sites (N-methyl/N-ethyl adjacent to an activating group) is 1. The van der Waals surface area contributed by atoms with Gasteiger partial charge in [0.05, 0.1) is 11.3 Å². The highest BCUT2D eigenvalue weighted by atomic mass is 16.4. The average Bonchev–Trinajstić information content (AvgIpc) is 2.38. The van der Waals surface area contributed by atoms with Crippen LogP contribution in [0.5, 0.6) is 5.75 Å². The van der Waals surface area contributed by atoms with Gasteiger partial charge in [0.2, 0.25) is 0 Å². The number of carbonyl (C=O) groups is 2. The maximum absolute atomic E-state index is 11.8. The van der Waals surface area contributed by atoms with E-state index in [1.54, 1.807) is 0 Å². The van der Waals surface area contributed by atoms with E-state index in [0.29, 0.717) is 6.54 Å². The van der Waals surface area contributed by atoms with Crippen molar-refractivity contribution in [1.82, 2.24) is 10.2 Å². The number of aromatic hydroxyl groups is 1. The number of hydrogen-bond acceptors (Lipinski definition) is 4. The van der Waals surface area contributed by atoms with Crippen molar-refractivity contribution in [2.24, 2.45) is 0 Å². The Hall–Kier alpha value is -2.28. The Kier molecular flexibility index (Phi) is 5.15. The highest BCUT2D eigenvalue weighted by molar-refractivity contribution is 6.00. The van der Waals surface area contributed by atoms with E-state index in [1.807, 2.05) is 32.8 Å². The summed E-state index contributed by atoms with van der Waals surface area (Å²) in [6.45, 7) is 4.33. The number of amides is 2. The molecule has 0 aliphatic carbocycles. The lowest BCUT2D eigenvalue weighted by atomic mass is 10.0. The Morgan fingerprint density at radius 2 is 1.90 bits per heavy atom. The van der Waals surface area contributed by atoms with E-state index in [-0.39, 0.29) is 22.5 Å². The van der Waals surface area contributed by atoms with Crippen LogP contribution in [0.1, 0.15) is 24.2 Å². The predicted octanol–water partition coefficient (Wildman–Crippen LogP) is 1.55. The summed E-state index contributed by atoms with van der Waals surface area (Å²) in [4.78, 5) is 24.9. The van der Waals surface area contributed by atoms with Gasteiger partial charge in [0.1, 0.15) is 5.75 Å². The van der Waals surface area contributed by atoms with Gasteiger partial charge >= 0.3 is 12.0 Å². The molecule has 7 heteroatoms. The molecule has 1 rings (SSSR count). The normalized spacial score (nSPS) is 11.3. The third kappa shape index (κ3) is 4.64. The molecular formula is C14H21N3O4. The van der Waals surface area contributed by atoms with E-state index in [1.165, 1.54) is 12.1 Å². The number of carbonyl (C=O) groups excluding carboxylic acids is 1. The number of phenolic OH excluding ortho intramolecular Hbond substituents is 1. The molecule has 0 heterocycles. The molecule has 0 unspecified atom stereocenters. The number of rotatable bonds is 5. The van der Waals surface area contributed by atoms with Crippen LogP contribution in [-0.2, 0) is 0 Å². The third-order valence-electron chi connectivity index (χ3n) is 3.37.